The number of ketones is 4. The van der Waals surface area contributed by atoms with Crippen LogP contribution in [-0.2, 0) is 83.3 Å². The van der Waals surface area contributed by atoms with Crippen molar-refractivity contribution in [1.82, 2.24) is 62.5 Å². The third kappa shape index (κ3) is 39.5. The number of nitrogens with two attached hydrogens (primary N) is 2. The highest BCUT2D eigenvalue weighted by Gasteiger charge is 2.39. The number of carbonyl (C=O) groups excluding carboxylic acids is 12. The molecule has 3 rings (SSSR count). The summed E-state index contributed by atoms with van der Waals surface area (Å²) < 4.78 is 0. The summed E-state index contributed by atoms with van der Waals surface area (Å²) in [6.45, 7) is -7.03. The topological polar surface area (TPSA) is 927 Å². The molecular formula is C76H113N15O38S. The lowest BCUT2D eigenvalue weighted by atomic mass is 9.89. The van der Waals surface area contributed by atoms with Gasteiger partial charge in [0, 0.05) is 125 Å². The van der Waals surface area contributed by atoms with Gasteiger partial charge in [0.25, 0.3) is 11.5 Å². The number of fused-ring (bicyclic) bond motifs is 1. The number of amides is 8. The molecule has 21 atom stereocenters. The zero-order valence-corrected chi connectivity index (χ0v) is 70.5. The normalized spacial score (nSPS) is 16.3. The number of nitrogen functional groups attached to an aromatic ring is 1. The first-order valence-corrected chi connectivity index (χ1v) is 40.9. The first-order chi connectivity index (χ1) is 61.1. The molecule has 1 unspecified atom stereocenters. The minimum Gasteiger partial charge on any atom is -0.481 e. The fourth-order valence-corrected chi connectivity index (χ4v) is 12.6. The number of anilines is 2. The van der Waals surface area contributed by atoms with Crippen LogP contribution in [0.1, 0.15) is 125 Å². The lowest BCUT2D eigenvalue weighted by Gasteiger charge is -2.26. The lowest BCUT2D eigenvalue weighted by Crippen LogP contribution is -2.53. The quantitative estimate of drug-likeness (QED) is 0.0233. The number of thiol groups is 1. The summed E-state index contributed by atoms with van der Waals surface area (Å²) in [6, 6.07) is -4.51. The van der Waals surface area contributed by atoms with E-state index in [0.717, 1.165) is 0 Å². The summed E-state index contributed by atoms with van der Waals surface area (Å²) in [5.41, 5.74) is 11.4. The number of aromatic nitrogens is 4. The van der Waals surface area contributed by atoms with Gasteiger partial charge < -0.3 is 161 Å². The molecule has 0 radical (unpaired) electrons. The molecule has 0 saturated heterocycles. The van der Waals surface area contributed by atoms with Crippen LogP contribution in [0.4, 0.5) is 11.6 Å². The second-order valence-electron chi connectivity index (χ2n) is 30.3. The van der Waals surface area contributed by atoms with Crippen molar-refractivity contribution >= 4 is 136 Å². The standard InChI is InChI=1S/C76H113N15O38S/c77-40(72(124)89-44(21-59(112)113)47(98)20-36(31-130)74(126)127)24-84-68(120)34(4-13-55(106)81-26-49(100)62(115)65(118)52(103)29-93)18-45(96)41(10-15-57(108)109)87-71(123)35(5-14-56(107)82-27-50(101)63(116)66(119)53(104)30-94)19-46(97)42(11-16-58(110)111)86-70(122)33(3-12-54(105)80-25-48(99)61(114)64(117)51(102)28-92)17-39(95)8-9-43(75(128)129)88-69(121)32-1-6-37(7-2-32)79-22-38-23-83-67-60(85-38)73(125)91-76(78)90-67/h1-2,6-7,23,33-36,40-44,48-53,61-66,79,92-94,99-104,114-119,130H,3-5,8-22,24-31,77H2,(H,80,105)(H,81,106)(H,82,107)(H,84,120)(H,86,122)(H,87,123)(H,88,121)(H,89,124)(H,108,109)(H,110,111)(H,112,113)(H,126,127)(H,128,129)(H3,78,83,90,91,125)/t33-,34-,35-,36+,40+,41?,42+,43+,44+,48+,49+,50+,51-,52-,53-,61-,62-,63-,64-,65-,66-/m1/s1. The highest BCUT2D eigenvalue weighted by Crippen LogP contribution is 2.24. The molecule has 0 aliphatic heterocycles. The van der Waals surface area contributed by atoms with Gasteiger partial charge in [-0.3, -0.25) is 86.5 Å². The number of nitrogens with zero attached hydrogens (tertiary/aromatic N) is 3. The molecule has 2 heterocycles. The van der Waals surface area contributed by atoms with Crippen LogP contribution >= 0.6 is 12.6 Å². The van der Waals surface area contributed by atoms with Gasteiger partial charge in [-0.15, -0.1) is 0 Å². The largest absolute Gasteiger partial charge is 0.481 e. The Balaban J connectivity index is 2.12. The van der Waals surface area contributed by atoms with Crippen LogP contribution < -0.4 is 64.9 Å². The smallest absolute Gasteiger partial charge is 0.326 e. The Hall–Kier alpha value is -11.5. The second-order valence-corrected chi connectivity index (χ2v) is 30.7. The molecule has 8 amide bonds. The summed E-state index contributed by atoms with van der Waals surface area (Å²) in [6.07, 6.45) is -39.8. The number of carboxylic acid groups (broad SMARTS) is 5. The van der Waals surface area contributed by atoms with Crippen LogP contribution in [0.25, 0.3) is 11.2 Å². The molecule has 2 aromatic heterocycles. The summed E-state index contributed by atoms with van der Waals surface area (Å²) >= 11 is 3.87. The maximum absolute atomic E-state index is 14.9. The first-order valence-electron chi connectivity index (χ1n) is 40.3. The average molecular weight is 1880 g/mol. The number of aliphatic hydroxyl groups is 15. The van der Waals surface area contributed by atoms with Gasteiger partial charge in [-0.1, -0.05) is 0 Å². The molecule has 3 aromatic rings. The molecule has 53 nitrogen and oxygen atoms in total. The zero-order chi connectivity index (χ0) is 98.1. The number of rotatable bonds is 66. The minimum absolute atomic E-state index is 0.00512. The van der Waals surface area contributed by atoms with Gasteiger partial charge in [0.05, 0.1) is 87.0 Å². The minimum atomic E-state index is -2.26. The van der Waals surface area contributed by atoms with Crippen molar-refractivity contribution in [3.8, 4) is 0 Å². The number of hydrogen-bond donors (Lipinski definition) is 33. The summed E-state index contributed by atoms with van der Waals surface area (Å²) in [5.74, 6) is -30.4. The number of aliphatic hydroxyl groups excluding tert-OH is 15. The Bertz CT molecular complexity index is 4400. The third-order valence-electron chi connectivity index (χ3n) is 20.2. The van der Waals surface area contributed by atoms with E-state index in [-0.39, 0.29) is 34.9 Å². The summed E-state index contributed by atoms with van der Waals surface area (Å²) in [5, 5.41) is 220. The molecule has 0 aliphatic rings. The van der Waals surface area contributed by atoms with E-state index >= 15 is 0 Å². The Kier molecular flexibility index (Phi) is 49.3. The van der Waals surface area contributed by atoms with Crippen molar-refractivity contribution in [3.05, 3.63) is 52.1 Å². The van der Waals surface area contributed by atoms with Crippen LogP contribution in [0.5, 0.6) is 0 Å². The molecule has 0 spiro atoms. The number of benzene rings is 1. The van der Waals surface area contributed by atoms with Crippen molar-refractivity contribution in [2.24, 2.45) is 29.4 Å². The first kappa shape index (κ1) is 113. The molecule has 34 N–H and O–H groups in total. The van der Waals surface area contributed by atoms with E-state index in [1.165, 1.54) is 30.5 Å². The van der Waals surface area contributed by atoms with Gasteiger partial charge in [-0.25, -0.2) is 14.8 Å². The summed E-state index contributed by atoms with van der Waals surface area (Å²) in [4.78, 5) is 255. The SMILES string of the molecule is Nc1nc2ncc(CNc3ccc(C(=O)N[C@@H](CCC(=O)C[C@@H](CCC(=O)NC[C@H](O)[C@@H](O)[C@H](O)[C@H](O)CO)C(=O)N[C@@H](CCC(=O)O)C(=O)C[C@@H](CCC(=O)NC[C@H](O)[C@@H](O)[C@H](O)[C@H](O)CO)C(=O)NC(CCC(=O)O)C(=O)C[C@@H](CCC(=O)NC[C@H](O)[C@@H](O)[C@H](O)[C@H](O)CO)C(=O)NC[C@H](N)C(=O)N[C@@H](CC(=O)O)C(=O)C[C@@H](CS)C(=O)O)C(=O)O)cc3)nc2c(=O)[nH]1. The second kappa shape index (κ2) is 56.9. The van der Waals surface area contributed by atoms with Crippen molar-refractivity contribution in [2.45, 2.75) is 219 Å². The average Bonchev–Trinajstić information content (AvgIpc) is 0.816. The fourth-order valence-electron chi connectivity index (χ4n) is 12.3. The van der Waals surface area contributed by atoms with Crippen molar-refractivity contribution in [1.29, 1.82) is 0 Å². The monoisotopic (exact) mass is 1880 g/mol. The number of carbonyl (C=O) groups is 17. The van der Waals surface area contributed by atoms with E-state index in [0.29, 0.717) is 5.69 Å². The van der Waals surface area contributed by atoms with E-state index < -0.39 is 394 Å². The highest BCUT2D eigenvalue weighted by molar-refractivity contribution is 7.80. The number of Topliss-reactive ketones (excluding diaryl/α,β-unsaturated/α-hetero) is 4. The van der Waals surface area contributed by atoms with Crippen LogP contribution in [0, 0.1) is 23.7 Å². The van der Waals surface area contributed by atoms with Crippen molar-refractivity contribution in [3.63, 3.8) is 0 Å². The molecule has 0 saturated carbocycles. The Labute approximate surface area is 742 Å². The molecular weight excluding hydrogens is 1760 g/mol. The molecule has 0 bridgehead atoms. The lowest BCUT2D eigenvalue weighted by molar-refractivity contribution is -0.144. The van der Waals surface area contributed by atoms with Gasteiger partial charge >= 0.3 is 29.8 Å². The number of carboxylic acids is 5. The molecule has 54 heteroatoms. The van der Waals surface area contributed by atoms with E-state index in [9.17, 15) is 188 Å². The Morgan fingerprint density at radius 1 is 0.415 bits per heavy atom. The van der Waals surface area contributed by atoms with Crippen molar-refractivity contribution in [2.75, 3.05) is 62.8 Å². The Morgan fingerprint density at radius 3 is 1.22 bits per heavy atom. The van der Waals surface area contributed by atoms with Crippen LogP contribution in [0.3, 0.4) is 0 Å². The maximum Gasteiger partial charge on any atom is 0.326 e. The highest BCUT2D eigenvalue weighted by atomic mass is 32.1. The predicted octanol–water partition coefficient (Wildman–Crippen LogP) is -12.7. The van der Waals surface area contributed by atoms with E-state index in [4.69, 9.17) is 11.5 Å². The molecule has 0 fully saturated rings. The van der Waals surface area contributed by atoms with E-state index in [1.54, 1.807) is 0 Å². The zero-order valence-electron chi connectivity index (χ0n) is 69.6. The predicted molar refractivity (Wildman–Crippen MR) is 441 cm³/mol. The van der Waals surface area contributed by atoms with Gasteiger partial charge in [-0.2, -0.15) is 17.6 Å². The number of hydrogen-bond acceptors (Lipinski definition) is 40. The molecule has 1 aromatic carbocycles. The number of aliphatic carboxylic acids is 5. The number of H-pyrrole nitrogens is 1. The van der Waals surface area contributed by atoms with Gasteiger partial charge in [0.1, 0.15) is 72.8 Å². The van der Waals surface area contributed by atoms with Crippen molar-refractivity contribution < 1.29 is 184 Å². The Morgan fingerprint density at radius 2 is 0.815 bits per heavy atom. The number of nitrogens with one attached hydrogen (secondary N) is 10. The fraction of sp³-hybridized carbons (Fsp3) is 0.618. The van der Waals surface area contributed by atoms with Gasteiger partial charge in [-0.05, 0) is 62.8 Å². The van der Waals surface area contributed by atoms with E-state index in [1.807, 2.05) is 5.32 Å². The molecule has 0 aliphatic carbocycles. The van der Waals surface area contributed by atoms with Crippen LogP contribution in [0.15, 0.2) is 35.3 Å². The van der Waals surface area contributed by atoms with Gasteiger partial charge in [0.2, 0.25) is 47.3 Å². The van der Waals surface area contributed by atoms with E-state index in [2.05, 4.69) is 75.1 Å². The van der Waals surface area contributed by atoms with Crippen LogP contribution in [0.2, 0.25) is 0 Å². The summed E-state index contributed by atoms with van der Waals surface area (Å²) in [7, 11) is 0. The third-order valence-corrected chi connectivity index (χ3v) is 20.6. The molecule has 726 valence electrons. The molecule has 130 heavy (non-hydrogen) atoms. The van der Waals surface area contributed by atoms with Crippen LogP contribution in [-0.4, -0.2) is 378 Å². The van der Waals surface area contributed by atoms with Gasteiger partial charge in [0.15, 0.2) is 28.5 Å². The maximum atomic E-state index is 14.9. The number of aromatic amines is 1.